The van der Waals surface area contributed by atoms with Gasteiger partial charge in [0.15, 0.2) is 6.36 Å². The molecule has 0 heterocycles. The van der Waals surface area contributed by atoms with Gasteiger partial charge in [0.1, 0.15) is 0 Å². The molecular formula is C9H17FO. The highest BCUT2D eigenvalue weighted by molar-refractivity contribution is 4.69. The summed E-state index contributed by atoms with van der Waals surface area (Å²) in [5.74, 6) is 0.810. The third-order valence-corrected chi connectivity index (χ3v) is 2.34. The minimum Gasteiger partial charge on any atom is -0.345 e. The Morgan fingerprint density at radius 3 is 2.27 bits per heavy atom. The van der Waals surface area contributed by atoms with Gasteiger partial charge >= 0.3 is 0 Å². The Morgan fingerprint density at radius 1 is 1.27 bits per heavy atom. The molecule has 1 fully saturated rings. The lowest BCUT2D eigenvalue weighted by molar-refractivity contribution is -0.0890. The highest BCUT2D eigenvalue weighted by atomic mass is 19.1. The van der Waals surface area contributed by atoms with Crippen LogP contribution in [0.15, 0.2) is 0 Å². The van der Waals surface area contributed by atoms with Crippen LogP contribution in [0, 0.1) is 5.92 Å². The monoisotopic (exact) mass is 160 g/mol. The largest absolute Gasteiger partial charge is 0.345 e. The molecule has 1 atom stereocenters. The van der Waals surface area contributed by atoms with E-state index in [2.05, 4.69) is 6.92 Å². The molecule has 1 aliphatic carbocycles. The summed E-state index contributed by atoms with van der Waals surface area (Å²) in [4.78, 5) is 0. The zero-order chi connectivity index (χ0) is 8.27. The van der Waals surface area contributed by atoms with Crippen LogP contribution in [0.25, 0.3) is 0 Å². The standard InChI is InChI=1S/C9H17FO/c1-7-3-5-9(6-4-7)11-8(2)10/h7-9H,3-6H2,1-2H3/t7-,8?,9-. The molecule has 11 heavy (non-hydrogen) atoms. The van der Waals surface area contributed by atoms with E-state index in [1.54, 1.807) is 0 Å². The van der Waals surface area contributed by atoms with Crippen LogP contribution in [0.5, 0.6) is 0 Å². The lowest BCUT2D eigenvalue weighted by Gasteiger charge is -2.26. The third-order valence-electron chi connectivity index (χ3n) is 2.34. The fraction of sp³-hybridized carbons (Fsp3) is 1.00. The second-order valence-corrected chi connectivity index (χ2v) is 3.56. The minimum atomic E-state index is -1.09. The molecule has 66 valence electrons. The van der Waals surface area contributed by atoms with Gasteiger partial charge in [-0.05, 0) is 38.5 Å². The van der Waals surface area contributed by atoms with Gasteiger partial charge in [-0.15, -0.1) is 0 Å². The predicted molar refractivity (Wildman–Crippen MR) is 43.1 cm³/mol. The Bertz CT molecular complexity index is 106. The smallest absolute Gasteiger partial charge is 0.196 e. The van der Waals surface area contributed by atoms with E-state index in [0.29, 0.717) is 0 Å². The van der Waals surface area contributed by atoms with Crippen molar-refractivity contribution in [1.82, 2.24) is 0 Å². The first-order valence-corrected chi connectivity index (χ1v) is 4.48. The fourth-order valence-corrected chi connectivity index (χ4v) is 1.63. The Kier molecular flexibility index (Phi) is 3.31. The van der Waals surface area contributed by atoms with Gasteiger partial charge in [0.05, 0.1) is 6.10 Å². The summed E-state index contributed by atoms with van der Waals surface area (Å²) >= 11 is 0. The van der Waals surface area contributed by atoms with E-state index in [4.69, 9.17) is 4.74 Å². The summed E-state index contributed by atoms with van der Waals surface area (Å²) in [6, 6.07) is 0. The van der Waals surface area contributed by atoms with E-state index in [0.717, 1.165) is 18.8 Å². The van der Waals surface area contributed by atoms with Gasteiger partial charge in [-0.2, -0.15) is 0 Å². The fourth-order valence-electron chi connectivity index (χ4n) is 1.63. The molecule has 1 nitrogen and oxygen atoms in total. The molecule has 0 aromatic carbocycles. The molecule has 0 amide bonds. The van der Waals surface area contributed by atoms with Crippen molar-refractivity contribution >= 4 is 0 Å². The third kappa shape index (κ3) is 3.19. The van der Waals surface area contributed by atoms with Gasteiger partial charge in [0, 0.05) is 0 Å². The molecule has 0 bridgehead atoms. The van der Waals surface area contributed by atoms with Crippen LogP contribution < -0.4 is 0 Å². The number of halogens is 1. The van der Waals surface area contributed by atoms with Crippen molar-refractivity contribution in [2.45, 2.75) is 52.0 Å². The van der Waals surface area contributed by atoms with E-state index in [-0.39, 0.29) is 6.10 Å². The Hall–Kier alpha value is -0.110. The molecule has 0 saturated heterocycles. The number of hydrogen-bond acceptors (Lipinski definition) is 1. The first-order valence-electron chi connectivity index (χ1n) is 4.48. The van der Waals surface area contributed by atoms with E-state index < -0.39 is 6.36 Å². The summed E-state index contributed by atoms with van der Waals surface area (Å²) in [6.07, 6.45) is 3.55. The maximum Gasteiger partial charge on any atom is 0.196 e. The molecule has 0 N–H and O–H groups in total. The Morgan fingerprint density at radius 2 is 1.82 bits per heavy atom. The molecule has 2 heteroatoms. The highest BCUT2D eigenvalue weighted by Crippen LogP contribution is 2.26. The molecule has 1 unspecified atom stereocenters. The predicted octanol–water partition coefficient (Wildman–Crippen LogP) is 2.90. The van der Waals surface area contributed by atoms with Crippen molar-refractivity contribution in [3.63, 3.8) is 0 Å². The molecule has 0 aromatic heterocycles. The van der Waals surface area contributed by atoms with Gasteiger partial charge in [-0.25, -0.2) is 4.39 Å². The number of rotatable bonds is 2. The SMILES string of the molecule is CC(F)O[C@H]1CC[C@H](C)CC1. The number of hydrogen-bond donors (Lipinski definition) is 0. The second kappa shape index (κ2) is 4.05. The summed E-state index contributed by atoms with van der Waals surface area (Å²) in [7, 11) is 0. The van der Waals surface area contributed by atoms with Crippen molar-refractivity contribution in [3.05, 3.63) is 0 Å². The van der Waals surface area contributed by atoms with Crippen molar-refractivity contribution < 1.29 is 9.13 Å². The van der Waals surface area contributed by atoms with Crippen LogP contribution in [0.1, 0.15) is 39.5 Å². The van der Waals surface area contributed by atoms with E-state index in [1.165, 1.54) is 19.8 Å². The first kappa shape index (κ1) is 8.98. The average Bonchev–Trinajstić information content (AvgIpc) is 1.93. The zero-order valence-corrected chi connectivity index (χ0v) is 7.35. The van der Waals surface area contributed by atoms with Crippen LogP contribution >= 0.6 is 0 Å². The average molecular weight is 160 g/mol. The maximum atomic E-state index is 12.4. The molecule has 0 spiro atoms. The van der Waals surface area contributed by atoms with Crippen LogP contribution in [0.4, 0.5) is 4.39 Å². The van der Waals surface area contributed by atoms with Gasteiger partial charge in [0.2, 0.25) is 0 Å². The van der Waals surface area contributed by atoms with Crippen LogP contribution in [-0.2, 0) is 4.74 Å². The quantitative estimate of drug-likeness (QED) is 0.603. The van der Waals surface area contributed by atoms with E-state index in [9.17, 15) is 4.39 Å². The zero-order valence-electron chi connectivity index (χ0n) is 7.35. The van der Waals surface area contributed by atoms with Gasteiger partial charge in [-0.3, -0.25) is 0 Å². The molecular weight excluding hydrogens is 143 g/mol. The van der Waals surface area contributed by atoms with E-state index in [1.807, 2.05) is 0 Å². The Labute approximate surface area is 67.9 Å². The molecule has 0 aromatic rings. The molecule has 1 aliphatic rings. The van der Waals surface area contributed by atoms with Crippen molar-refractivity contribution in [2.75, 3.05) is 0 Å². The van der Waals surface area contributed by atoms with Gasteiger partial charge < -0.3 is 4.74 Å². The summed E-state index contributed by atoms with van der Waals surface area (Å²) in [5.41, 5.74) is 0. The lowest BCUT2D eigenvalue weighted by Crippen LogP contribution is -2.22. The maximum absolute atomic E-state index is 12.4. The topological polar surface area (TPSA) is 9.23 Å². The Balaban J connectivity index is 2.17. The van der Waals surface area contributed by atoms with Crippen LogP contribution in [0.3, 0.4) is 0 Å². The minimum absolute atomic E-state index is 0.186. The van der Waals surface area contributed by atoms with E-state index >= 15 is 0 Å². The van der Waals surface area contributed by atoms with Crippen molar-refractivity contribution in [3.8, 4) is 0 Å². The molecule has 0 radical (unpaired) electrons. The summed E-state index contributed by atoms with van der Waals surface area (Å²) < 4.78 is 17.4. The molecule has 1 rings (SSSR count). The lowest BCUT2D eigenvalue weighted by atomic mass is 9.89. The first-order chi connectivity index (χ1) is 5.18. The molecule has 1 saturated carbocycles. The number of alkyl halides is 1. The summed E-state index contributed by atoms with van der Waals surface area (Å²) in [5, 5.41) is 0. The van der Waals surface area contributed by atoms with Crippen molar-refractivity contribution in [1.29, 1.82) is 0 Å². The van der Waals surface area contributed by atoms with Gasteiger partial charge in [-0.1, -0.05) is 6.92 Å². The molecule has 0 aliphatic heterocycles. The normalized spacial score (nSPS) is 35.2. The van der Waals surface area contributed by atoms with Crippen LogP contribution in [-0.4, -0.2) is 12.5 Å². The summed E-state index contributed by atoms with van der Waals surface area (Å²) in [6.45, 7) is 3.70. The second-order valence-electron chi connectivity index (χ2n) is 3.56. The van der Waals surface area contributed by atoms with Crippen molar-refractivity contribution in [2.24, 2.45) is 5.92 Å². The highest BCUT2D eigenvalue weighted by Gasteiger charge is 2.19. The van der Waals surface area contributed by atoms with Gasteiger partial charge in [0.25, 0.3) is 0 Å². The van der Waals surface area contributed by atoms with Crippen LogP contribution in [0.2, 0.25) is 0 Å². The number of ether oxygens (including phenoxy) is 1.